The Kier molecular flexibility index (Phi) is 7.18. The smallest absolute Gasteiger partial charge is 0.326 e. The molecule has 3 N–H and O–H groups in total. The molecule has 0 aliphatic carbocycles. The third-order valence-electron chi connectivity index (χ3n) is 2.70. The minimum absolute atomic E-state index is 0.0360. The van der Waals surface area contributed by atoms with Gasteiger partial charge in [-0.05, 0) is 37.1 Å². The van der Waals surface area contributed by atoms with Gasteiger partial charge in [-0.2, -0.15) is 0 Å². The molecule has 8 heteroatoms. The van der Waals surface area contributed by atoms with Gasteiger partial charge in [0.15, 0.2) is 6.61 Å². The molecule has 0 bridgehead atoms. The molecule has 0 spiro atoms. The predicted molar refractivity (Wildman–Crippen MR) is 78.0 cm³/mol. The number of carbonyl (C=O) groups excluding carboxylic acids is 1. The first-order valence-corrected chi connectivity index (χ1v) is 6.88. The minimum Gasteiger partial charge on any atom is -0.484 e. The van der Waals surface area contributed by atoms with E-state index < -0.39 is 23.9 Å². The zero-order valence-electron chi connectivity index (χ0n) is 11.6. The molecule has 0 saturated carbocycles. The number of nitrogens with one attached hydrogen (secondary N) is 1. The maximum Gasteiger partial charge on any atom is 0.326 e. The van der Waals surface area contributed by atoms with Crippen molar-refractivity contribution >= 4 is 29.4 Å². The second-order valence-corrected chi connectivity index (χ2v) is 4.92. The summed E-state index contributed by atoms with van der Waals surface area (Å²) in [4.78, 5) is 33.1. The van der Waals surface area contributed by atoms with Crippen molar-refractivity contribution < 1.29 is 29.3 Å². The molecule has 22 heavy (non-hydrogen) atoms. The number of rotatable bonds is 9. The molecular formula is C14H16ClNO6. The van der Waals surface area contributed by atoms with Crippen LogP contribution in [0, 0.1) is 0 Å². The van der Waals surface area contributed by atoms with Crippen LogP contribution >= 0.6 is 11.6 Å². The zero-order valence-corrected chi connectivity index (χ0v) is 12.4. The second kappa shape index (κ2) is 8.89. The number of ether oxygens (including phenoxy) is 1. The van der Waals surface area contributed by atoms with Crippen molar-refractivity contribution in [2.24, 2.45) is 0 Å². The fraction of sp³-hybridized carbons (Fsp3) is 0.357. The van der Waals surface area contributed by atoms with Gasteiger partial charge in [0.2, 0.25) is 0 Å². The molecule has 1 aromatic carbocycles. The van der Waals surface area contributed by atoms with Crippen molar-refractivity contribution in [1.29, 1.82) is 0 Å². The van der Waals surface area contributed by atoms with Gasteiger partial charge in [0.1, 0.15) is 11.8 Å². The molecule has 1 atom stereocenters. The van der Waals surface area contributed by atoms with E-state index in [1.54, 1.807) is 24.3 Å². The van der Waals surface area contributed by atoms with Crippen molar-refractivity contribution in [3.8, 4) is 5.75 Å². The third kappa shape index (κ3) is 6.94. The van der Waals surface area contributed by atoms with Crippen LogP contribution < -0.4 is 10.1 Å². The number of hydrogen-bond acceptors (Lipinski definition) is 4. The van der Waals surface area contributed by atoms with Crippen molar-refractivity contribution in [3.63, 3.8) is 0 Å². The van der Waals surface area contributed by atoms with Crippen molar-refractivity contribution in [2.75, 3.05) is 6.61 Å². The first kappa shape index (κ1) is 17.8. The van der Waals surface area contributed by atoms with E-state index in [1.807, 2.05) is 0 Å². The van der Waals surface area contributed by atoms with Crippen molar-refractivity contribution in [2.45, 2.75) is 25.3 Å². The number of halogens is 1. The number of carboxylic acid groups (broad SMARTS) is 2. The van der Waals surface area contributed by atoms with Crippen LogP contribution in [0.4, 0.5) is 0 Å². The number of amides is 1. The second-order valence-electron chi connectivity index (χ2n) is 4.49. The number of hydrogen-bond donors (Lipinski definition) is 3. The Morgan fingerprint density at radius 2 is 1.82 bits per heavy atom. The fourth-order valence-corrected chi connectivity index (χ4v) is 1.76. The molecule has 0 aromatic heterocycles. The van der Waals surface area contributed by atoms with Gasteiger partial charge < -0.3 is 20.3 Å². The standard InChI is InChI=1S/C14H16ClNO6/c15-9-4-6-10(7-5-9)22-8-12(17)16-11(14(20)21)2-1-3-13(18)19/h4-7,11H,1-3,8H2,(H,16,17)(H,18,19)(H,20,21). The van der Waals surface area contributed by atoms with E-state index in [2.05, 4.69) is 5.32 Å². The van der Waals surface area contributed by atoms with Crippen LogP contribution in [-0.2, 0) is 14.4 Å². The molecule has 0 heterocycles. The number of carboxylic acids is 2. The highest BCUT2D eigenvalue weighted by Crippen LogP contribution is 2.15. The van der Waals surface area contributed by atoms with Gasteiger partial charge in [0.05, 0.1) is 0 Å². The fourth-order valence-electron chi connectivity index (χ4n) is 1.63. The van der Waals surface area contributed by atoms with Crippen molar-refractivity contribution in [3.05, 3.63) is 29.3 Å². The Morgan fingerprint density at radius 3 is 2.36 bits per heavy atom. The van der Waals surface area contributed by atoms with Crippen LogP contribution in [0.2, 0.25) is 5.02 Å². The minimum atomic E-state index is -1.22. The molecule has 7 nitrogen and oxygen atoms in total. The van der Waals surface area contributed by atoms with E-state index in [9.17, 15) is 14.4 Å². The normalized spacial score (nSPS) is 11.5. The van der Waals surface area contributed by atoms with Gasteiger partial charge in [0.25, 0.3) is 5.91 Å². The lowest BCUT2D eigenvalue weighted by molar-refractivity contribution is -0.143. The van der Waals surface area contributed by atoms with Gasteiger partial charge in [0, 0.05) is 11.4 Å². The highest BCUT2D eigenvalue weighted by atomic mass is 35.5. The average molecular weight is 330 g/mol. The zero-order chi connectivity index (χ0) is 16.5. The van der Waals surface area contributed by atoms with Crippen LogP contribution in [0.5, 0.6) is 5.75 Å². The summed E-state index contributed by atoms with van der Waals surface area (Å²) < 4.78 is 5.19. The van der Waals surface area contributed by atoms with Crippen molar-refractivity contribution in [1.82, 2.24) is 5.32 Å². The topological polar surface area (TPSA) is 113 Å². The highest BCUT2D eigenvalue weighted by molar-refractivity contribution is 6.30. The van der Waals surface area contributed by atoms with E-state index in [-0.39, 0.29) is 25.9 Å². The summed E-state index contributed by atoms with van der Waals surface area (Å²) in [5.74, 6) is -2.40. The maximum atomic E-state index is 11.7. The van der Waals surface area contributed by atoms with Crippen LogP contribution in [0.25, 0.3) is 0 Å². The quantitative estimate of drug-likeness (QED) is 0.633. The van der Waals surface area contributed by atoms with Gasteiger partial charge in [-0.3, -0.25) is 9.59 Å². The molecule has 0 saturated heterocycles. The van der Waals surface area contributed by atoms with Crippen LogP contribution in [0.1, 0.15) is 19.3 Å². The molecule has 1 amide bonds. The maximum absolute atomic E-state index is 11.7. The lowest BCUT2D eigenvalue weighted by Crippen LogP contribution is -2.43. The van der Waals surface area contributed by atoms with E-state index >= 15 is 0 Å². The van der Waals surface area contributed by atoms with Gasteiger partial charge in [-0.25, -0.2) is 4.79 Å². The number of aliphatic carboxylic acids is 2. The van der Waals surface area contributed by atoms with E-state index in [0.717, 1.165) is 0 Å². The van der Waals surface area contributed by atoms with E-state index in [1.165, 1.54) is 0 Å². The molecule has 120 valence electrons. The van der Waals surface area contributed by atoms with Crippen LogP contribution in [0.15, 0.2) is 24.3 Å². The average Bonchev–Trinajstić information content (AvgIpc) is 2.45. The Labute approximate surface area is 131 Å². The Balaban J connectivity index is 2.40. The van der Waals surface area contributed by atoms with Gasteiger partial charge in [-0.15, -0.1) is 0 Å². The Morgan fingerprint density at radius 1 is 1.18 bits per heavy atom. The van der Waals surface area contributed by atoms with Crippen LogP contribution in [0.3, 0.4) is 0 Å². The summed E-state index contributed by atoms with van der Waals surface area (Å²) in [7, 11) is 0. The Bertz CT molecular complexity index is 531. The van der Waals surface area contributed by atoms with Gasteiger partial charge >= 0.3 is 11.9 Å². The summed E-state index contributed by atoms with van der Waals surface area (Å²) in [6.45, 7) is -0.343. The van der Waals surface area contributed by atoms with E-state index in [4.69, 9.17) is 26.6 Å². The summed E-state index contributed by atoms with van der Waals surface area (Å²) in [6, 6.07) is 5.22. The van der Waals surface area contributed by atoms with E-state index in [0.29, 0.717) is 10.8 Å². The lowest BCUT2D eigenvalue weighted by Gasteiger charge is -2.14. The summed E-state index contributed by atoms with van der Waals surface area (Å²) >= 11 is 5.71. The molecule has 0 fully saturated rings. The SMILES string of the molecule is O=C(O)CCCC(NC(=O)COc1ccc(Cl)cc1)C(=O)O. The third-order valence-corrected chi connectivity index (χ3v) is 2.95. The molecule has 0 aliphatic rings. The molecule has 0 radical (unpaired) electrons. The molecule has 1 rings (SSSR count). The molecule has 1 aromatic rings. The molecule has 0 aliphatic heterocycles. The summed E-state index contributed by atoms with van der Waals surface area (Å²) in [5.41, 5.74) is 0. The van der Waals surface area contributed by atoms with Gasteiger partial charge in [-0.1, -0.05) is 11.6 Å². The summed E-state index contributed by atoms with van der Waals surface area (Å²) in [6.07, 6.45) is 0.0415. The number of benzene rings is 1. The number of carbonyl (C=O) groups is 3. The summed E-state index contributed by atoms with van der Waals surface area (Å²) in [5, 5.41) is 20.3. The molecular weight excluding hydrogens is 314 g/mol. The Hall–Kier alpha value is -2.28. The largest absolute Gasteiger partial charge is 0.484 e. The first-order chi connectivity index (χ1) is 10.4. The molecule has 1 unspecified atom stereocenters. The lowest BCUT2D eigenvalue weighted by atomic mass is 10.1. The first-order valence-electron chi connectivity index (χ1n) is 6.51. The van der Waals surface area contributed by atoms with Crippen LogP contribution in [-0.4, -0.2) is 40.7 Å². The predicted octanol–water partition coefficient (Wildman–Crippen LogP) is 1.54. The monoisotopic (exact) mass is 329 g/mol. The highest BCUT2D eigenvalue weighted by Gasteiger charge is 2.20.